The van der Waals surface area contributed by atoms with Crippen LogP contribution in [0.4, 0.5) is 5.69 Å². The summed E-state index contributed by atoms with van der Waals surface area (Å²) in [6.45, 7) is 3.75. The van der Waals surface area contributed by atoms with Gasteiger partial charge < -0.3 is 10.0 Å². The molecule has 1 unspecified atom stereocenters. The molecule has 4 nitrogen and oxygen atoms in total. The van der Waals surface area contributed by atoms with Crippen LogP contribution in [-0.2, 0) is 4.79 Å². The van der Waals surface area contributed by atoms with Crippen LogP contribution in [0.2, 0.25) is 0 Å². The van der Waals surface area contributed by atoms with E-state index in [-0.39, 0.29) is 0 Å². The van der Waals surface area contributed by atoms with Crippen LogP contribution >= 0.6 is 0 Å². The van der Waals surface area contributed by atoms with E-state index in [1.807, 2.05) is 6.07 Å². The summed E-state index contributed by atoms with van der Waals surface area (Å²) < 4.78 is 0. The normalized spacial score (nSPS) is 17.8. The molecule has 1 fully saturated rings. The monoisotopic (exact) mass is 234 g/mol. The van der Waals surface area contributed by atoms with Crippen molar-refractivity contribution in [3.8, 4) is 0 Å². The van der Waals surface area contributed by atoms with Gasteiger partial charge in [-0.25, -0.2) is 0 Å². The first-order valence-electron chi connectivity index (χ1n) is 6.12. The van der Waals surface area contributed by atoms with E-state index in [2.05, 4.69) is 9.88 Å². The molecule has 0 bridgehead atoms. The van der Waals surface area contributed by atoms with E-state index in [0.717, 1.165) is 24.3 Å². The number of aromatic nitrogens is 1. The largest absolute Gasteiger partial charge is 0.481 e. The highest BCUT2D eigenvalue weighted by Gasteiger charge is 2.21. The zero-order valence-corrected chi connectivity index (χ0v) is 10.1. The van der Waals surface area contributed by atoms with Gasteiger partial charge in [-0.2, -0.15) is 0 Å². The molecule has 92 valence electrons. The van der Waals surface area contributed by atoms with Gasteiger partial charge >= 0.3 is 5.97 Å². The third kappa shape index (κ3) is 2.57. The summed E-state index contributed by atoms with van der Waals surface area (Å²) in [4.78, 5) is 17.4. The number of carboxylic acids is 1. The van der Waals surface area contributed by atoms with Gasteiger partial charge in [-0.15, -0.1) is 0 Å². The maximum absolute atomic E-state index is 11.1. The van der Waals surface area contributed by atoms with Gasteiger partial charge in [0.2, 0.25) is 0 Å². The summed E-state index contributed by atoms with van der Waals surface area (Å²) in [7, 11) is 0. The molecule has 0 amide bonds. The standard InChI is InChI=1S/C13H18N2O2/c1-10(13(16)17)11-9-14-6-5-12(11)15-7-3-2-4-8-15/h5-6,9-10H,2-4,7-8H2,1H3,(H,16,17). The third-order valence-corrected chi connectivity index (χ3v) is 3.36. The third-order valence-electron chi connectivity index (χ3n) is 3.36. The van der Waals surface area contributed by atoms with Crippen LogP contribution in [-0.4, -0.2) is 29.1 Å². The van der Waals surface area contributed by atoms with Gasteiger partial charge in [0.05, 0.1) is 5.92 Å². The number of hydrogen-bond acceptors (Lipinski definition) is 3. The average Bonchev–Trinajstić information content (AvgIpc) is 2.39. The van der Waals surface area contributed by atoms with E-state index in [0.29, 0.717) is 0 Å². The molecule has 2 rings (SSSR count). The predicted octanol–water partition coefficient (Wildman–Crippen LogP) is 2.26. The summed E-state index contributed by atoms with van der Waals surface area (Å²) in [5, 5.41) is 9.11. The molecule has 0 aromatic carbocycles. The Balaban J connectivity index is 2.29. The molecule has 2 heterocycles. The highest BCUT2D eigenvalue weighted by Crippen LogP contribution is 2.28. The minimum absolute atomic E-state index is 0.499. The van der Waals surface area contributed by atoms with E-state index in [4.69, 9.17) is 5.11 Å². The molecule has 17 heavy (non-hydrogen) atoms. The SMILES string of the molecule is CC(C(=O)O)c1cnccc1N1CCCCC1. The molecule has 1 aliphatic heterocycles. The Bertz CT molecular complexity index is 400. The van der Waals surface area contributed by atoms with Crippen LogP contribution < -0.4 is 4.90 Å². The molecule has 1 N–H and O–H groups in total. The Morgan fingerprint density at radius 2 is 2.12 bits per heavy atom. The maximum atomic E-state index is 11.1. The van der Waals surface area contributed by atoms with E-state index in [1.54, 1.807) is 19.3 Å². The van der Waals surface area contributed by atoms with Gasteiger partial charge in [-0.1, -0.05) is 0 Å². The first-order valence-corrected chi connectivity index (χ1v) is 6.12. The van der Waals surface area contributed by atoms with Crippen LogP contribution in [0, 0.1) is 0 Å². The van der Waals surface area contributed by atoms with Crippen molar-refractivity contribution in [1.82, 2.24) is 4.98 Å². The molecule has 1 aromatic heterocycles. The van der Waals surface area contributed by atoms with Crippen LogP contribution in [0.3, 0.4) is 0 Å². The number of nitrogens with zero attached hydrogens (tertiary/aromatic N) is 2. The van der Waals surface area contributed by atoms with Crippen LogP contribution in [0.25, 0.3) is 0 Å². The number of hydrogen-bond donors (Lipinski definition) is 1. The van der Waals surface area contributed by atoms with Gasteiger partial charge in [-0.3, -0.25) is 9.78 Å². The van der Waals surface area contributed by atoms with Crippen molar-refractivity contribution >= 4 is 11.7 Å². The molecule has 1 saturated heterocycles. The molecule has 0 spiro atoms. The topological polar surface area (TPSA) is 53.4 Å². The molecular weight excluding hydrogens is 216 g/mol. The second-order valence-corrected chi connectivity index (χ2v) is 4.54. The Labute approximate surface area is 101 Å². The van der Waals surface area contributed by atoms with Crippen molar-refractivity contribution in [3.05, 3.63) is 24.0 Å². The second-order valence-electron chi connectivity index (χ2n) is 4.54. The van der Waals surface area contributed by atoms with E-state index in [9.17, 15) is 4.79 Å². The molecule has 0 saturated carbocycles. The van der Waals surface area contributed by atoms with Crippen LogP contribution in [0.15, 0.2) is 18.5 Å². The summed E-state index contributed by atoms with van der Waals surface area (Å²) in [6, 6.07) is 1.93. The highest BCUT2D eigenvalue weighted by molar-refractivity contribution is 5.78. The van der Waals surface area contributed by atoms with Crippen LogP contribution in [0.1, 0.15) is 37.7 Å². The fourth-order valence-electron chi connectivity index (χ4n) is 2.29. The Morgan fingerprint density at radius 3 is 2.76 bits per heavy atom. The van der Waals surface area contributed by atoms with Crippen molar-refractivity contribution in [3.63, 3.8) is 0 Å². The predicted molar refractivity (Wildman–Crippen MR) is 66.4 cm³/mol. The lowest BCUT2D eigenvalue weighted by molar-refractivity contribution is -0.138. The van der Waals surface area contributed by atoms with Crippen molar-refractivity contribution in [2.75, 3.05) is 18.0 Å². The number of carbonyl (C=O) groups is 1. The lowest BCUT2D eigenvalue weighted by Crippen LogP contribution is -2.31. The highest BCUT2D eigenvalue weighted by atomic mass is 16.4. The fourth-order valence-corrected chi connectivity index (χ4v) is 2.29. The van der Waals surface area contributed by atoms with Gasteiger partial charge in [0.1, 0.15) is 0 Å². The average molecular weight is 234 g/mol. The van der Waals surface area contributed by atoms with Crippen LogP contribution in [0.5, 0.6) is 0 Å². The molecule has 0 radical (unpaired) electrons. The van der Waals surface area contributed by atoms with Crippen molar-refractivity contribution < 1.29 is 9.90 Å². The number of piperidine rings is 1. The maximum Gasteiger partial charge on any atom is 0.310 e. The first-order chi connectivity index (χ1) is 8.20. The zero-order chi connectivity index (χ0) is 12.3. The fraction of sp³-hybridized carbons (Fsp3) is 0.538. The zero-order valence-electron chi connectivity index (χ0n) is 10.1. The van der Waals surface area contributed by atoms with E-state index < -0.39 is 11.9 Å². The number of aliphatic carboxylic acids is 1. The summed E-state index contributed by atoms with van der Waals surface area (Å²) >= 11 is 0. The molecule has 0 aliphatic carbocycles. The Morgan fingerprint density at radius 1 is 1.41 bits per heavy atom. The first kappa shape index (κ1) is 11.9. The minimum atomic E-state index is -0.795. The minimum Gasteiger partial charge on any atom is -0.481 e. The molecule has 1 aromatic rings. The summed E-state index contributed by atoms with van der Waals surface area (Å²) in [5.41, 5.74) is 1.86. The lowest BCUT2D eigenvalue weighted by Gasteiger charge is -2.31. The van der Waals surface area contributed by atoms with E-state index in [1.165, 1.54) is 19.3 Å². The Hall–Kier alpha value is -1.58. The van der Waals surface area contributed by atoms with Crippen molar-refractivity contribution in [2.45, 2.75) is 32.1 Å². The summed E-state index contributed by atoms with van der Waals surface area (Å²) in [5.74, 6) is -1.29. The lowest BCUT2D eigenvalue weighted by atomic mass is 9.99. The Kier molecular flexibility index (Phi) is 3.61. The van der Waals surface area contributed by atoms with Gasteiger partial charge in [0.25, 0.3) is 0 Å². The van der Waals surface area contributed by atoms with Crippen molar-refractivity contribution in [1.29, 1.82) is 0 Å². The van der Waals surface area contributed by atoms with Gasteiger partial charge in [0, 0.05) is 36.7 Å². The van der Waals surface area contributed by atoms with Gasteiger partial charge in [0.15, 0.2) is 0 Å². The molecular formula is C13H18N2O2. The van der Waals surface area contributed by atoms with Gasteiger partial charge in [-0.05, 0) is 32.3 Å². The molecule has 1 atom stereocenters. The van der Waals surface area contributed by atoms with Crippen molar-refractivity contribution in [2.24, 2.45) is 0 Å². The molecule has 1 aliphatic rings. The molecule has 4 heteroatoms. The second kappa shape index (κ2) is 5.17. The van der Waals surface area contributed by atoms with E-state index >= 15 is 0 Å². The summed E-state index contributed by atoms with van der Waals surface area (Å²) in [6.07, 6.45) is 7.06. The number of pyridine rings is 1. The quantitative estimate of drug-likeness (QED) is 0.871. The number of carboxylic acid groups (broad SMARTS) is 1. The number of rotatable bonds is 3. The number of anilines is 1. The smallest absolute Gasteiger partial charge is 0.310 e.